The molecule has 1 aliphatic rings. The lowest BCUT2D eigenvalue weighted by molar-refractivity contribution is -0.117. The number of Topliss-reactive ketones (excluding diaryl/α,β-unsaturated/α-hetero) is 1. The summed E-state index contributed by atoms with van der Waals surface area (Å²) in [6.07, 6.45) is 2.10. The fraction of sp³-hybridized carbons (Fsp3) is 0.190. The Balaban J connectivity index is 2.05. The molecule has 0 N–H and O–H groups in total. The minimum atomic E-state index is -0.399. The highest BCUT2D eigenvalue weighted by atomic mass is 35.5. The van der Waals surface area contributed by atoms with Gasteiger partial charge in [-0.15, -0.1) is 0 Å². The number of fused-ring (bicyclic) bond motifs is 3. The first kappa shape index (κ1) is 17.2. The molecule has 0 saturated carbocycles. The van der Waals surface area contributed by atoms with Crippen molar-refractivity contribution >= 4 is 57.4 Å². The Bertz CT molecular complexity index is 1080. The van der Waals surface area contributed by atoms with Gasteiger partial charge in [0.15, 0.2) is 5.78 Å². The van der Waals surface area contributed by atoms with Crippen LogP contribution in [-0.4, -0.2) is 23.4 Å². The topological polar surface area (TPSA) is 25.2 Å². The van der Waals surface area contributed by atoms with Crippen molar-refractivity contribution in [3.05, 3.63) is 63.6 Å². The van der Waals surface area contributed by atoms with Crippen LogP contribution in [0.1, 0.15) is 18.1 Å². The van der Waals surface area contributed by atoms with E-state index in [1.807, 2.05) is 37.2 Å². The standard InChI is InChI=1S/C21H18Cl2N2O/c1-12(26)20-16(14-9-8-13(22)10-18(14)23)11-17-15-6-4-5-7-19(15)24(2)21(17)25(20)3/h4-11,20H,1-3H3. The third-order valence-corrected chi connectivity index (χ3v) is 5.61. The van der Waals surface area contributed by atoms with Crippen molar-refractivity contribution in [2.75, 3.05) is 11.9 Å². The number of aryl methyl sites for hydroxylation is 1. The summed E-state index contributed by atoms with van der Waals surface area (Å²) in [6, 6.07) is 13.3. The molecule has 1 aromatic heterocycles. The molecule has 2 aromatic carbocycles. The third kappa shape index (κ3) is 2.46. The van der Waals surface area contributed by atoms with E-state index in [9.17, 15) is 4.79 Å². The van der Waals surface area contributed by atoms with Crippen LogP contribution in [0.3, 0.4) is 0 Å². The van der Waals surface area contributed by atoms with Crippen molar-refractivity contribution in [3.8, 4) is 0 Å². The molecule has 3 nitrogen and oxygen atoms in total. The molecule has 1 atom stereocenters. The number of ketones is 1. The number of nitrogens with zero attached hydrogens (tertiary/aromatic N) is 2. The summed E-state index contributed by atoms with van der Waals surface area (Å²) in [6.45, 7) is 1.62. The summed E-state index contributed by atoms with van der Waals surface area (Å²) in [5, 5.41) is 2.28. The van der Waals surface area contributed by atoms with Crippen LogP contribution in [0.25, 0.3) is 22.6 Å². The maximum Gasteiger partial charge on any atom is 0.156 e. The molecule has 0 aliphatic carbocycles. The number of carbonyl (C=O) groups is 1. The van der Waals surface area contributed by atoms with Gasteiger partial charge in [-0.25, -0.2) is 0 Å². The summed E-state index contributed by atoms with van der Waals surface area (Å²) in [5.41, 5.74) is 3.96. The van der Waals surface area contributed by atoms with E-state index in [1.54, 1.807) is 19.1 Å². The van der Waals surface area contributed by atoms with Gasteiger partial charge < -0.3 is 9.47 Å². The molecule has 26 heavy (non-hydrogen) atoms. The Morgan fingerprint density at radius 1 is 1.08 bits per heavy atom. The lowest BCUT2D eigenvalue weighted by Gasteiger charge is -2.35. The summed E-state index contributed by atoms with van der Waals surface area (Å²) in [5.74, 6) is 1.10. The molecule has 0 spiro atoms. The highest BCUT2D eigenvalue weighted by molar-refractivity contribution is 6.36. The minimum absolute atomic E-state index is 0.0701. The fourth-order valence-electron chi connectivity index (χ4n) is 3.98. The predicted octanol–water partition coefficient (Wildman–Crippen LogP) is 5.43. The van der Waals surface area contributed by atoms with Crippen LogP contribution in [0.5, 0.6) is 0 Å². The minimum Gasteiger partial charge on any atom is -0.346 e. The number of para-hydroxylation sites is 1. The van der Waals surface area contributed by atoms with E-state index >= 15 is 0 Å². The van der Waals surface area contributed by atoms with Crippen molar-refractivity contribution < 1.29 is 4.79 Å². The van der Waals surface area contributed by atoms with Gasteiger partial charge in [0.05, 0.1) is 0 Å². The van der Waals surface area contributed by atoms with Gasteiger partial charge in [-0.05, 0) is 42.3 Å². The normalized spacial score (nSPS) is 16.6. The smallest absolute Gasteiger partial charge is 0.156 e. The van der Waals surface area contributed by atoms with Crippen LogP contribution in [-0.2, 0) is 11.8 Å². The summed E-state index contributed by atoms with van der Waals surface area (Å²) < 4.78 is 2.14. The molecule has 0 bridgehead atoms. The second kappa shape index (κ2) is 6.19. The van der Waals surface area contributed by atoms with Crippen molar-refractivity contribution in [1.29, 1.82) is 0 Å². The van der Waals surface area contributed by atoms with E-state index in [2.05, 4.69) is 22.8 Å². The first-order valence-corrected chi connectivity index (χ1v) is 9.13. The van der Waals surface area contributed by atoms with Crippen LogP contribution in [0.15, 0.2) is 42.5 Å². The van der Waals surface area contributed by atoms with Crippen LogP contribution in [0.2, 0.25) is 10.0 Å². The quantitative estimate of drug-likeness (QED) is 0.588. The van der Waals surface area contributed by atoms with Gasteiger partial charge in [0.1, 0.15) is 11.9 Å². The maximum absolute atomic E-state index is 12.5. The monoisotopic (exact) mass is 384 g/mol. The van der Waals surface area contributed by atoms with Crippen molar-refractivity contribution in [2.45, 2.75) is 13.0 Å². The lowest BCUT2D eigenvalue weighted by atomic mass is 9.89. The van der Waals surface area contributed by atoms with Gasteiger partial charge in [-0.1, -0.05) is 47.5 Å². The molecule has 0 radical (unpaired) electrons. The molecule has 5 heteroatoms. The van der Waals surface area contributed by atoms with E-state index < -0.39 is 6.04 Å². The predicted molar refractivity (Wildman–Crippen MR) is 110 cm³/mol. The number of aromatic nitrogens is 1. The van der Waals surface area contributed by atoms with Crippen molar-refractivity contribution in [2.24, 2.45) is 7.05 Å². The largest absolute Gasteiger partial charge is 0.346 e. The Labute approximate surface area is 162 Å². The lowest BCUT2D eigenvalue weighted by Crippen LogP contribution is -2.41. The highest BCUT2D eigenvalue weighted by Gasteiger charge is 2.34. The summed E-state index contributed by atoms with van der Waals surface area (Å²) in [4.78, 5) is 14.6. The molecule has 4 rings (SSSR count). The molecular weight excluding hydrogens is 367 g/mol. The molecule has 1 unspecified atom stereocenters. The van der Waals surface area contributed by atoms with Crippen LogP contribution in [0, 0.1) is 0 Å². The number of hydrogen-bond acceptors (Lipinski definition) is 2. The average Bonchev–Trinajstić information content (AvgIpc) is 2.88. The maximum atomic E-state index is 12.5. The number of halogens is 2. The number of likely N-dealkylation sites (N-methyl/N-ethyl adjacent to an activating group) is 1. The van der Waals surface area contributed by atoms with Crippen LogP contribution >= 0.6 is 23.2 Å². The molecule has 0 saturated heterocycles. The van der Waals surface area contributed by atoms with Gasteiger partial charge in [0.25, 0.3) is 0 Å². The van der Waals surface area contributed by atoms with Gasteiger partial charge in [0, 0.05) is 40.6 Å². The van der Waals surface area contributed by atoms with Gasteiger partial charge in [0.2, 0.25) is 0 Å². The molecule has 1 aliphatic heterocycles. The van der Waals surface area contributed by atoms with Gasteiger partial charge in [-0.3, -0.25) is 4.79 Å². The molecule has 132 valence electrons. The second-order valence-corrected chi connectivity index (χ2v) is 7.51. The first-order chi connectivity index (χ1) is 12.4. The van der Waals surface area contributed by atoms with E-state index in [1.165, 1.54) is 0 Å². The van der Waals surface area contributed by atoms with E-state index in [4.69, 9.17) is 23.2 Å². The van der Waals surface area contributed by atoms with E-state index in [0.29, 0.717) is 10.0 Å². The Kier molecular flexibility index (Phi) is 4.09. The summed E-state index contributed by atoms with van der Waals surface area (Å²) >= 11 is 12.5. The fourth-order valence-corrected chi connectivity index (χ4v) is 4.50. The SMILES string of the molecule is CC(=O)C1C(c2ccc(Cl)cc2Cl)=Cc2c(n(C)c3ccccc23)N1C. The molecule has 2 heterocycles. The third-order valence-electron chi connectivity index (χ3n) is 5.06. The number of carbonyl (C=O) groups excluding carboxylic acids is 1. The van der Waals surface area contributed by atoms with Gasteiger partial charge >= 0.3 is 0 Å². The highest BCUT2D eigenvalue weighted by Crippen LogP contribution is 2.43. The zero-order chi connectivity index (χ0) is 18.6. The zero-order valence-electron chi connectivity index (χ0n) is 14.8. The number of benzene rings is 2. The number of rotatable bonds is 2. The molecule has 0 amide bonds. The molecular formula is C21H18Cl2N2O. The zero-order valence-corrected chi connectivity index (χ0v) is 16.3. The first-order valence-electron chi connectivity index (χ1n) is 8.38. The number of hydrogen-bond donors (Lipinski definition) is 0. The molecule has 0 fully saturated rings. The Morgan fingerprint density at radius 2 is 1.81 bits per heavy atom. The molecule has 3 aromatic rings. The van der Waals surface area contributed by atoms with Crippen molar-refractivity contribution in [1.82, 2.24) is 4.57 Å². The van der Waals surface area contributed by atoms with Crippen LogP contribution in [0.4, 0.5) is 5.82 Å². The Morgan fingerprint density at radius 3 is 2.50 bits per heavy atom. The van der Waals surface area contributed by atoms with Crippen LogP contribution < -0.4 is 4.90 Å². The summed E-state index contributed by atoms with van der Waals surface area (Å²) in [7, 11) is 3.99. The Hall–Kier alpha value is -2.23. The van der Waals surface area contributed by atoms with E-state index in [-0.39, 0.29) is 5.78 Å². The number of anilines is 1. The average molecular weight is 385 g/mol. The van der Waals surface area contributed by atoms with Gasteiger partial charge in [-0.2, -0.15) is 0 Å². The van der Waals surface area contributed by atoms with Crippen molar-refractivity contribution in [3.63, 3.8) is 0 Å². The van der Waals surface area contributed by atoms with E-state index in [0.717, 1.165) is 33.4 Å². The second-order valence-electron chi connectivity index (χ2n) is 6.66.